The van der Waals surface area contributed by atoms with Crippen LogP contribution in [0.3, 0.4) is 0 Å². The van der Waals surface area contributed by atoms with Crippen LogP contribution in [0, 0.1) is 11.8 Å². The minimum Gasteiger partial charge on any atom is -0.503 e. The Morgan fingerprint density at radius 2 is 1.86 bits per heavy atom. The maximum atomic E-state index is 13.2. The third kappa shape index (κ3) is 6.75. The lowest BCUT2D eigenvalue weighted by Crippen LogP contribution is -2.47. The SMILES string of the molecule is COc1ccnc(C(=O)NC2COC(=O)C(Cc3ccccc3)[C@@H](OC(=O)C(C)C)C(C)OC2=O)c1O. The van der Waals surface area contributed by atoms with Gasteiger partial charge in [-0.15, -0.1) is 0 Å². The van der Waals surface area contributed by atoms with Gasteiger partial charge in [-0.05, 0) is 18.9 Å². The van der Waals surface area contributed by atoms with E-state index >= 15 is 0 Å². The zero-order chi connectivity index (χ0) is 27.1. The summed E-state index contributed by atoms with van der Waals surface area (Å²) >= 11 is 0. The van der Waals surface area contributed by atoms with Crippen LogP contribution in [0.5, 0.6) is 11.5 Å². The first-order valence-electron chi connectivity index (χ1n) is 11.8. The minimum atomic E-state index is -1.41. The van der Waals surface area contributed by atoms with Crippen LogP contribution in [0.25, 0.3) is 0 Å². The fraction of sp³-hybridized carbons (Fsp3) is 0.423. The Morgan fingerprint density at radius 3 is 2.51 bits per heavy atom. The number of aromatic hydroxyl groups is 1. The predicted octanol–water partition coefficient (Wildman–Crippen LogP) is 1.81. The van der Waals surface area contributed by atoms with Gasteiger partial charge in [0.2, 0.25) is 0 Å². The van der Waals surface area contributed by atoms with Crippen molar-refractivity contribution in [2.45, 2.75) is 45.4 Å². The molecule has 4 atom stereocenters. The maximum absolute atomic E-state index is 13.2. The van der Waals surface area contributed by atoms with Crippen molar-refractivity contribution in [3.63, 3.8) is 0 Å². The Labute approximate surface area is 214 Å². The minimum absolute atomic E-state index is 0.0100. The molecule has 0 spiro atoms. The van der Waals surface area contributed by atoms with Gasteiger partial charge in [0.15, 0.2) is 29.3 Å². The largest absolute Gasteiger partial charge is 0.503 e. The van der Waals surface area contributed by atoms with Gasteiger partial charge >= 0.3 is 17.9 Å². The van der Waals surface area contributed by atoms with Gasteiger partial charge in [-0.25, -0.2) is 9.78 Å². The van der Waals surface area contributed by atoms with E-state index in [2.05, 4.69) is 10.3 Å². The molecule has 11 nitrogen and oxygen atoms in total. The number of amides is 1. The Bertz CT molecular complexity index is 1140. The number of rotatable bonds is 7. The van der Waals surface area contributed by atoms with E-state index in [0.29, 0.717) is 0 Å². The van der Waals surface area contributed by atoms with Crippen molar-refractivity contribution in [2.24, 2.45) is 11.8 Å². The quantitative estimate of drug-likeness (QED) is 0.414. The maximum Gasteiger partial charge on any atom is 0.332 e. The molecule has 1 aromatic heterocycles. The molecule has 37 heavy (non-hydrogen) atoms. The summed E-state index contributed by atoms with van der Waals surface area (Å²) in [6.07, 6.45) is -0.766. The molecule has 11 heteroatoms. The molecule has 2 aromatic rings. The molecule has 1 aliphatic rings. The Morgan fingerprint density at radius 1 is 1.16 bits per heavy atom. The number of nitrogens with zero attached hydrogens (tertiary/aromatic N) is 1. The second-order valence-electron chi connectivity index (χ2n) is 8.86. The van der Waals surface area contributed by atoms with Gasteiger partial charge in [0, 0.05) is 12.3 Å². The molecule has 1 fully saturated rings. The first-order valence-corrected chi connectivity index (χ1v) is 11.8. The lowest BCUT2D eigenvalue weighted by molar-refractivity contribution is -0.176. The van der Waals surface area contributed by atoms with E-state index in [4.69, 9.17) is 18.9 Å². The summed E-state index contributed by atoms with van der Waals surface area (Å²) in [5.74, 6) is -5.10. The summed E-state index contributed by atoms with van der Waals surface area (Å²) in [7, 11) is 1.31. The number of pyridine rings is 1. The number of esters is 3. The number of benzene rings is 1. The highest BCUT2D eigenvalue weighted by Crippen LogP contribution is 2.28. The average molecular weight is 515 g/mol. The van der Waals surface area contributed by atoms with E-state index in [0.717, 1.165) is 5.56 Å². The molecule has 198 valence electrons. The lowest BCUT2D eigenvalue weighted by Gasteiger charge is -2.29. The summed E-state index contributed by atoms with van der Waals surface area (Å²) < 4.78 is 21.5. The van der Waals surface area contributed by atoms with E-state index in [9.17, 15) is 24.3 Å². The van der Waals surface area contributed by atoms with Crippen LogP contribution in [0.1, 0.15) is 36.8 Å². The normalized spacial score (nSPS) is 22.1. The third-order valence-electron chi connectivity index (χ3n) is 5.79. The van der Waals surface area contributed by atoms with E-state index in [1.54, 1.807) is 13.8 Å². The van der Waals surface area contributed by atoms with Crippen molar-refractivity contribution in [1.82, 2.24) is 10.3 Å². The van der Waals surface area contributed by atoms with Crippen molar-refractivity contribution >= 4 is 23.8 Å². The van der Waals surface area contributed by atoms with Gasteiger partial charge in [-0.2, -0.15) is 0 Å². The molecule has 1 saturated heterocycles. The molecule has 3 unspecified atom stereocenters. The summed E-state index contributed by atoms with van der Waals surface area (Å²) in [4.78, 5) is 55.3. The predicted molar refractivity (Wildman–Crippen MR) is 129 cm³/mol. The highest BCUT2D eigenvalue weighted by Gasteiger charge is 2.42. The second-order valence-corrected chi connectivity index (χ2v) is 8.86. The van der Waals surface area contributed by atoms with E-state index in [1.165, 1.54) is 26.3 Å². The first-order chi connectivity index (χ1) is 17.6. The van der Waals surface area contributed by atoms with E-state index in [1.807, 2.05) is 30.3 Å². The number of aromatic nitrogens is 1. The number of ether oxygens (including phenoxy) is 4. The molecule has 1 aliphatic heterocycles. The molecule has 1 aromatic carbocycles. The van der Waals surface area contributed by atoms with Gasteiger partial charge in [0.05, 0.1) is 13.0 Å². The van der Waals surface area contributed by atoms with Crippen LogP contribution in [0.2, 0.25) is 0 Å². The zero-order valence-electron chi connectivity index (χ0n) is 21.0. The van der Waals surface area contributed by atoms with Crippen LogP contribution in [-0.2, 0) is 35.0 Å². The summed E-state index contributed by atoms with van der Waals surface area (Å²) in [6, 6.07) is 9.01. The third-order valence-corrected chi connectivity index (χ3v) is 5.79. The van der Waals surface area contributed by atoms with Crippen LogP contribution in [-0.4, -0.2) is 65.9 Å². The first kappa shape index (κ1) is 27.4. The number of hydrogen-bond acceptors (Lipinski definition) is 10. The van der Waals surface area contributed by atoms with Crippen molar-refractivity contribution in [2.75, 3.05) is 13.7 Å². The van der Waals surface area contributed by atoms with Crippen LogP contribution in [0.15, 0.2) is 42.6 Å². The smallest absolute Gasteiger partial charge is 0.332 e. The van der Waals surface area contributed by atoms with Gasteiger partial charge < -0.3 is 29.4 Å². The number of cyclic esters (lactones) is 2. The highest BCUT2D eigenvalue weighted by molar-refractivity contribution is 5.98. The van der Waals surface area contributed by atoms with Crippen molar-refractivity contribution in [3.8, 4) is 11.5 Å². The molecule has 0 bridgehead atoms. The topological polar surface area (TPSA) is 150 Å². The molecular formula is C26H30N2O9. The zero-order valence-corrected chi connectivity index (χ0v) is 21.0. The molecule has 0 aliphatic carbocycles. The van der Waals surface area contributed by atoms with E-state index in [-0.39, 0.29) is 12.2 Å². The van der Waals surface area contributed by atoms with Gasteiger partial charge in [-0.3, -0.25) is 14.4 Å². The molecule has 3 rings (SSSR count). The number of hydrogen-bond donors (Lipinski definition) is 2. The average Bonchev–Trinajstić information content (AvgIpc) is 2.91. The summed E-state index contributed by atoms with van der Waals surface area (Å²) in [6.45, 7) is 4.25. The monoisotopic (exact) mass is 514 g/mol. The highest BCUT2D eigenvalue weighted by atomic mass is 16.6. The Balaban J connectivity index is 1.87. The van der Waals surface area contributed by atoms with Gasteiger partial charge in [0.1, 0.15) is 18.6 Å². The fourth-order valence-electron chi connectivity index (χ4n) is 3.74. The molecular weight excluding hydrogens is 484 g/mol. The lowest BCUT2D eigenvalue weighted by atomic mass is 9.91. The van der Waals surface area contributed by atoms with Crippen LogP contribution < -0.4 is 10.1 Å². The number of carbonyl (C=O) groups excluding carboxylic acids is 4. The molecule has 2 heterocycles. The summed E-state index contributed by atoms with van der Waals surface area (Å²) in [5.41, 5.74) is 0.398. The van der Waals surface area contributed by atoms with Crippen molar-refractivity contribution < 1.29 is 43.2 Å². The number of nitrogens with one attached hydrogen (secondary N) is 1. The molecule has 0 radical (unpaired) electrons. The van der Waals surface area contributed by atoms with Gasteiger partial charge in [-0.1, -0.05) is 44.2 Å². The second kappa shape index (κ2) is 12.2. The molecule has 1 amide bonds. The standard InChI is InChI=1S/C26H30N2O9/c1-14(2)24(31)37-22-15(3)36-26(33)18(28-23(30)20-21(29)19(34-4)10-11-27-20)13-35-25(32)17(22)12-16-8-6-5-7-9-16/h5-11,14-15,17-18,22,29H,12-13H2,1-4H3,(H,28,30)/t15?,17?,18?,22-/m0/s1. The Kier molecular flexibility index (Phi) is 9.05. The number of carbonyl (C=O) groups is 4. The Hall–Kier alpha value is -4.15. The number of methoxy groups -OCH3 is 1. The van der Waals surface area contributed by atoms with Crippen LogP contribution in [0.4, 0.5) is 0 Å². The van der Waals surface area contributed by atoms with Crippen LogP contribution >= 0.6 is 0 Å². The van der Waals surface area contributed by atoms with Crippen molar-refractivity contribution in [1.29, 1.82) is 0 Å². The van der Waals surface area contributed by atoms with E-state index < -0.39 is 72.0 Å². The molecule has 0 saturated carbocycles. The van der Waals surface area contributed by atoms with Gasteiger partial charge in [0.25, 0.3) is 5.91 Å². The molecule has 2 N–H and O–H groups in total. The summed E-state index contributed by atoms with van der Waals surface area (Å²) in [5, 5.41) is 12.6. The van der Waals surface area contributed by atoms with Crippen molar-refractivity contribution in [3.05, 3.63) is 53.9 Å². The fourth-order valence-corrected chi connectivity index (χ4v) is 3.74.